The van der Waals surface area contributed by atoms with Gasteiger partial charge < -0.3 is 10.6 Å². The summed E-state index contributed by atoms with van der Waals surface area (Å²) < 4.78 is 0. The molecule has 0 aliphatic carbocycles. The number of nitrogens with one attached hydrogen (secondary N) is 2. The van der Waals surface area contributed by atoms with Crippen molar-refractivity contribution in [3.8, 4) is 0 Å². The van der Waals surface area contributed by atoms with Crippen LogP contribution in [-0.2, 0) is 6.54 Å². The molecule has 2 rings (SSSR count). The largest absolute Gasteiger partial charge is 0.354 e. The maximum Gasteiger partial charge on any atom is 0.270 e. The van der Waals surface area contributed by atoms with Gasteiger partial charge in [-0.25, -0.2) is 9.97 Å². The van der Waals surface area contributed by atoms with Gasteiger partial charge in [0, 0.05) is 19.3 Å². The van der Waals surface area contributed by atoms with Crippen LogP contribution in [0.4, 0.5) is 5.95 Å². The maximum absolute atomic E-state index is 12.2. The average molecular weight is 312 g/mol. The fourth-order valence-electron chi connectivity index (χ4n) is 2.22. The number of rotatable bonds is 8. The highest BCUT2D eigenvalue weighted by molar-refractivity contribution is 5.92. The molecule has 2 N–H and O–H groups in total. The number of hydrogen-bond donors (Lipinski definition) is 2. The van der Waals surface area contributed by atoms with Crippen molar-refractivity contribution in [2.45, 2.75) is 39.7 Å². The minimum absolute atomic E-state index is 0.188. The Morgan fingerprint density at radius 3 is 2.78 bits per heavy atom. The Hall–Kier alpha value is -2.43. The van der Waals surface area contributed by atoms with E-state index in [1.165, 1.54) is 12.8 Å². The molecule has 2 aromatic rings. The topological polar surface area (TPSA) is 66.9 Å². The van der Waals surface area contributed by atoms with E-state index in [1.807, 2.05) is 31.2 Å². The van der Waals surface area contributed by atoms with E-state index >= 15 is 0 Å². The molecule has 5 nitrogen and oxygen atoms in total. The van der Waals surface area contributed by atoms with Crippen molar-refractivity contribution in [1.82, 2.24) is 15.3 Å². The van der Waals surface area contributed by atoms with E-state index in [0.29, 0.717) is 18.2 Å². The van der Waals surface area contributed by atoms with Crippen molar-refractivity contribution in [2.75, 3.05) is 11.9 Å². The zero-order valence-corrected chi connectivity index (χ0v) is 13.8. The fourth-order valence-corrected chi connectivity index (χ4v) is 2.22. The van der Waals surface area contributed by atoms with Crippen LogP contribution in [0.1, 0.15) is 47.8 Å². The number of carbonyl (C=O) groups excluding carboxylic acids is 1. The molecule has 23 heavy (non-hydrogen) atoms. The normalized spacial score (nSPS) is 10.3. The summed E-state index contributed by atoms with van der Waals surface area (Å²) >= 11 is 0. The molecule has 1 amide bonds. The van der Waals surface area contributed by atoms with Crippen molar-refractivity contribution >= 4 is 11.9 Å². The second kappa shape index (κ2) is 8.88. The van der Waals surface area contributed by atoms with Gasteiger partial charge in [-0.1, -0.05) is 44.0 Å². The van der Waals surface area contributed by atoms with Crippen LogP contribution < -0.4 is 10.6 Å². The molecule has 0 saturated heterocycles. The van der Waals surface area contributed by atoms with Crippen molar-refractivity contribution in [2.24, 2.45) is 0 Å². The smallest absolute Gasteiger partial charge is 0.270 e. The van der Waals surface area contributed by atoms with E-state index in [1.54, 1.807) is 12.3 Å². The summed E-state index contributed by atoms with van der Waals surface area (Å²) in [6.07, 6.45) is 5.02. The molecule has 0 bridgehead atoms. The van der Waals surface area contributed by atoms with Crippen LogP contribution in [0.25, 0.3) is 0 Å². The highest BCUT2D eigenvalue weighted by atomic mass is 16.1. The lowest BCUT2D eigenvalue weighted by Gasteiger charge is -2.08. The quantitative estimate of drug-likeness (QED) is 0.734. The lowest BCUT2D eigenvalue weighted by molar-refractivity contribution is 0.0946. The summed E-state index contributed by atoms with van der Waals surface area (Å²) in [4.78, 5) is 20.6. The Balaban J connectivity index is 1.90. The van der Waals surface area contributed by atoms with Crippen LogP contribution in [0.15, 0.2) is 36.5 Å². The van der Waals surface area contributed by atoms with Crippen LogP contribution in [0.5, 0.6) is 0 Å². The molecule has 0 spiro atoms. The van der Waals surface area contributed by atoms with Gasteiger partial charge in [-0.15, -0.1) is 0 Å². The number of aromatic nitrogens is 2. The average Bonchev–Trinajstić information content (AvgIpc) is 2.58. The minimum Gasteiger partial charge on any atom is -0.354 e. The number of amides is 1. The van der Waals surface area contributed by atoms with Gasteiger partial charge in [-0.2, -0.15) is 0 Å². The van der Waals surface area contributed by atoms with Gasteiger partial charge >= 0.3 is 0 Å². The van der Waals surface area contributed by atoms with Crippen LogP contribution >= 0.6 is 0 Å². The Morgan fingerprint density at radius 1 is 1.17 bits per heavy atom. The Morgan fingerprint density at radius 2 is 2.00 bits per heavy atom. The number of aryl methyl sites for hydroxylation is 1. The van der Waals surface area contributed by atoms with Crippen molar-refractivity contribution < 1.29 is 4.79 Å². The molecular formula is C18H24N4O. The molecule has 0 fully saturated rings. The molecule has 1 heterocycles. The molecule has 0 aliphatic heterocycles. The molecule has 0 unspecified atom stereocenters. The summed E-state index contributed by atoms with van der Waals surface area (Å²) in [7, 11) is 0. The van der Waals surface area contributed by atoms with E-state index < -0.39 is 0 Å². The van der Waals surface area contributed by atoms with Gasteiger partial charge in [0.15, 0.2) is 0 Å². The molecule has 0 saturated carbocycles. The Bertz CT molecular complexity index is 642. The zero-order valence-electron chi connectivity index (χ0n) is 13.8. The second-order valence-corrected chi connectivity index (χ2v) is 5.51. The van der Waals surface area contributed by atoms with E-state index in [9.17, 15) is 4.79 Å². The zero-order chi connectivity index (χ0) is 16.5. The first-order valence-electron chi connectivity index (χ1n) is 8.10. The fraction of sp³-hybridized carbons (Fsp3) is 0.389. The monoisotopic (exact) mass is 312 g/mol. The number of anilines is 1. The molecular weight excluding hydrogens is 288 g/mol. The number of benzene rings is 1. The Labute approximate surface area is 137 Å². The van der Waals surface area contributed by atoms with Crippen molar-refractivity contribution in [3.63, 3.8) is 0 Å². The molecule has 0 aliphatic rings. The van der Waals surface area contributed by atoms with Gasteiger partial charge in [0.05, 0.1) is 0 Å². The number of hydrogen-bond acceptors (Lipinski definition) is 4. The van der Waals surface area contributed by atoms with Crippen LogP contribution in [-0.4, -0.2) is 22.4 Å². The van der Waals surface area contributed by atoms with Gasteiger partial charge in [-0.3, -0.25) is 4.79 Å². The lowest BCUT2D eigenvalue weighted by atomic mass is 10.1. The van der Waals surface area contributed by atoms with E-state index in [0.717, 1.165) is 24.1 Å². The number of unbranched alkanes of at least 4 members (excludes halogenated alkanes) is 2. The molecule has 1 aromatic carbocycles. The van der Waals surface area contributed by atoms with Gasteiger partial charge in [-0.05, 0) is 30.5 Å². The summed E-state index contributed by atoms with van der Waals surface area (Å²) in [5, 5.41) is 6.06. The third-order valence-corrected chi connectivity index (χ3v) is 3.65. The molecule has 0 atom stereocenters. The maximum atomic E-state index is 12.2. The van der Waals surface area contributed by atoms with E-state index in [4.69, 9.17) is 0 Å². The molecule has 1 aromatic heterocycles. The third-order valence-electron chi connectivity index (χ3n) is 3.65. The number of nitrogens with zero attached hydrogens (tertiary/aromatic N) is 2. The van der Waals surface area contributed by atoms with Gasteiger partial charge in [0.2, 0.25) is 5.95 Å². The standard InChI is InChI=1S/C18H24N4O/c1-3-4-7-11-19-18-20-12-10-16(22-18)17(23)21-13-15-9-6-5-8-14(15)2/h5-6,8-10,12H,3-4,7,11,13H2,1-2H3,(H,21,23)(H,19,20,22). The summed E-state index contributed by atoms with van der Waals surface area (Å²) in [5.41, 5.74) is 2.65. The van der Waals surface area contributed by atoms with E-state index in [-0.39, 0.29) is 5.91 Å². The van der Waals surface area contributed by atoms with E-state index in [2.05, 4.69) is 27.5 Å². The first-order chi connectivity index (χ1) is 11.2. The molecule has 122 valence electrons. The predicted octanol–water partition coefficient (Wildman–Crippen LogP) is 3.32. The third kappa shape index (κ3) is 5.36. The second-order valence-electron chi connectivity index (χ2n) is 5.51. The van der Waals surface area contributed by atoms with Crippen LogP contribution in [0.3, 0.4) is 0 Å². The highest BCUT2D eigenvalue weighted by Gasteiger charge is 2.09. The molecule has 0 radical (unpaired) electrons. The van der Waals surface area contributed by atoms with Crippen molar-refractivity contribution in [3.05, 3.63) is 53.3 Å². The lowest BCUT2D eigenvalue weighted by Crippen LogP contribution is -2.24. The van der Waals surface area contributed by atoms with Gasteiger partial charge in [0.25, 0.3) is 5.91 Å². The first kappa shape index (κ1) is 16.9. The predicted molar refractivity (Wildman–Crippen MR) is 92.4 cm³/mol. The molecule has 5 heteroatoms. The van der Waals surface area contributed by atoms with Gasteiger partial charge in [0.1, 0.15) is 5.69 Å². The van der Waals surface area contributed by atoms with Crippen LogP contribution in [0.2, 0.25) is 0 Å². The minimum atomic E-state index is -0.188. The highest BCUT2D eigenvalue weighted by Crippen LogP contribution is 2.07. The SMILES string of the molecule is CCCCCNc1nccc(C(=O)NCc2ccccc2C)n1. The van der Waals surface area contributed by atoms with Crippen LogP contribution in [0, 0.1) is 6.92 Å². The van der Waals surface area contributed by atoms with Crippen molar-refractivity contribution in [1.29, 1.82) is 0 Å². The summed E-state index contributed by atoms with van der Waals surface area (Å²) in [6.45, 7) is 5.51. The summed E-state index contributed by atoms with van der Waals surface area (Å²) in [6, 6.07) is 9.63. The summed E-state index contributed by atoms with van der Waals surface area (Å²) in [5.74, 6) is 0.317. The number of carbonyl (C=O) groups is 1. The Kier molecular flexibility index (Phi) is 6.54. The first-order valence-corrected chi connectivity index (χ1v) is 8.10.